The molecular weight excluding hydrogens is 380 g/mol. The number of methoxy groups -OCH3 is 2. The van der Waals surface area contributed by atoms with E-state index >= 15 is 0 Å². The predicted octanol–water partition coefficient (Wildman–Crippen LogP) is 2.75. The lowest BCUT2D eigenvalue weighted by Crippen LogP contribution is -2.40. The van der Waals surface area contributed by atoms with E-state index in [-0.39, 0.29) is 12.3 Å². The molecule has 160 valence electrons. The van der Waals surface area contributed by atoms with Crippen LogP contribution in [0.4, 0.5) is 5.95 Å². The minimum absolute atomic E-state index is 0.0423. The largest absolute Gasteiger partial charge is 0.493 e. The number of nitrogens with two attached hydrogens (primary N) is 1. The van der Waals surface area contributed by atoms with Crippen molar-refractivity contribution in [3.8, 4) is 11.5 Å². The lowest BCUT2D eigenvalue weighted by atomic mass is 10.1. The molecule has 3 aromatic rings. The summed E-state index contributed by atoms with van der Waals surface area (Å²) in [6.45, 7) is 8.12. The maximum atomic E-state index is 13.1. The van der Waals surface area contributed by atoms with Gasteiger partial charge in [-0.15, -0.1) is 0 Å². The summed E-state index contributed by atoms with van der Waals surface area (Å²) >= 11 is 0. The highest BCUT2D eigenvalue weighted by molar-refractivity contribution is 5.96. The van der Waals surface area contributed by atoms with Gasteiger partial charge in [0.1, 0.15) is 17.6 Å². The van der Waals surface area contributed by atoms with Crippen LogP contribution in [-0.2, 0) is 13.1 Å². The van der Waals surface area contributed by atoms with Crippen molar-refractivity contribution in [3.63, 3.8) is 0 Å². The van der Waals surface area contributed by atoms with Gasteiger partial charge in [0.05, 0.1) is 20.8 Å². The van der Waals surface area contributed by atoms with Crippen LogP contribution in [-0.4, -0.2) is 49.1 Å². The number of nitrogens with zero attached hydrogens (tertiary/aromatic N) is 3. The molecule has 0 saturated carbocycles. The van der Waals surface area contributed by atoms with Crippen molar-refractivity contribution in [3.05, 3.63) is 48.0 Å². The zero-order chi connectivity index (χ0) is 21.7. The lowest BCUT2D eigenvalue weighted by molar-refractivity contribution is -0.642. The molecule has 0 bridgehead atoms. The number of carbonyl (C=O) groups excluding carboxylic acids is 1. The first-order valence-electron chi connectivity index (χ1n) is 10.3. The Morgan fingerprint density at radius 3 is 2.43 bits per heavy atom. The highest BCUT2D eigenvalue weighted by Crippen LogP contribution is 2.28. The summed E-state index contributed by atoms with van der Waals surface area (Å²) in [6, 6.07) is 13.2. The number of carbonyl (C=O) groups is 1. The smallest absolute Gasteiger partial charge is 0.356 e. The molecule has 0 atom stereocenters. The topological polar surface area (TPSA) is 73.6 Å². The first kappa shape index (κ1) is 21.6. The third-order valence-electron chi connectivity index (χ3n) is 5.56. The fourth-order valence-corrected chi connectivity index (χ4v) is 3.74. The number of para-hydroxylation sites is 2. The van der Waals surface area contributed by atoms with Gasteiger partial charge in [-0.1, -0.05) is 26.0 Å². The summed E-state index contributed by atoms with van der Waals surface area (Å²) in [5.41, 5.74) is 9.06. The van der Waals surface area contributed by atoms with Gasteiger partial charge in [-0.2, -0.15) is 0 Å². The van der Waals surface area contributed by atoms with E-state index in [0.29, 0.717) is 23.0 Å². The van der Waals surface area contributed by atoms with Crippen LogP contribution >= 0.6 is 0 Å². The molecule has 0 aliphatic carbocycles. The first-order valence-corrected chi connectivity index (χ1v) is 10.3. The highest BCUT2D eigenvalue weighted by Gasteiger charge is 2.23. The van der Waals surface area contributed by atoms with Crippen molar-refractivity contribution in [2.45, 2.75) is 26.9 Å². The van der Waals surface area contributed by atoms with E-state index in [9.17, 15) is 4.79 Å². The number of anilines is 1. The predicted molar refractivity (Wildman–Crippen MR) is 118 cm³/mol. The van der Waals surface area contributed by atoms with Gasteiger partial charge in [0.15, 0.2) is 17.3 Å². The highest BCUT2D eigenvalue weighted by atomic mass is 16.5. The fourth-order valence-electron chi connectivity index (χ4n) is 3.74. The van der Waals surface area contributed by atoms with Crippen molar-refractivity contribution in [2.75, 3.05) is 39.6 Å². The molecule has 0 radical (unpaired) electrons. The average molecular weight is 412 g/mol. The average Bonchev–Trinajstić information content (AvgIpc) is 3.05. The van der Waals surface area contributed by atoms with Crippen molar-refractivity contribution >= 4 is 22.8 Å². The minimum Gasteiger partial charge on any atom is -0.493 e. The van der Waals surface area contributed by atoms with Crippen LogP contribution in [0.15, 0.2) is 42.5 Å². The Kier molecular flexibility index (Phi) is 6.95. The van der Waals surface area contributed by atoms with Crippen molar-refractivity contribution < 1.29 is 18.8 Å². The van der Waals surface area contributed by atoms with Gasteiger partial charge in [-0.05, 0) is 43.4 Å². The second-order valence-corrected chi connectivity index (χ2v) is 7.10. The number of hydrogen-bond acceptors (Lipinski definition) is 5. The lowest BCUT2D eigenvalue weighted by Gasteiger charge is -2.17. The third kappa shape index (κ3) is 4.26. The quantitative estimate of drug-likeness (QED) is 0.410. The molecule has 0 unspecified atom stereocenters. The second-order valence-electron chi connectivity index (χ2n) is 7.10. The van der Waals surface area contributed by atoms with Gasteiger partial charge in [0, 0.05) is 12.1 Å². The van der Waals surface area contributed by atoms with Gasteiger partial charge in [0.2, 0.25) is 0 Å². The van der Waals surface area contributed by atoms with Gasteiger partial charge in [-0.25, -0.2) is 9.13 Å². The third-order valence-corrected chi connectivity index (χ3v) is 5.56. The molecule has 0 spiro atoms. The Hall–Kier alpha value is -3.06. The summed E-state index contributed by atoms with van der Waals surface area (Å²) in [6.07, 6.45) is 0. The van der Waals surface area contributed by atoms with Crippen LogP contribution in [0.1, 0.15) is 24.2 Å². The van der Waals surface area contributed by atoms with Crippen LogP contribution in [0, 0.1) is 0 Å². The Bertz CT molecular complexity index is 1020. The zero-order valence-corrected chi connectivity index (χ0v) is 18.2. The number of benzene rings is 2. The maximum absolute atomic E-state index is 13.1. The van der Waals surface area contributed by atoms with E-state index < -0.39 is 0 Å². The number of fused-ring (bicyclic) bond motifs is 1. The SMILES string of the molecule is CCN(CC)CCn1c(N)[n+](CC(=O)c2ccc(OC)c(OC)c2)c2ccccc21. The molecule has 2 aromatic carbocycles. The van der Waals surface area contributed by atoms with Gasteiger partial charge < -0.3 is 14.4 Å². The molecule has 0 aliphatic rings. The number of ether oxygens (including phenoxy) is 2. The van der Waals surface area contributed by atoms with Gasteiger partial charge in [-0.3, -0.25) is 10.5 Å². The molecular formula is C23H31N4O3+. The van der Waals surface area contributed by atoms with E-state index in [1.54, 1.807) is 32.4 Å². The molecule has 1 heterocycles. The second kappa shape index (κ2) is 9.63. The molecule has 3 rings (SSSR count). The van der Waals surface area contributed by atoms with Gasteiger partial charge in [0.25, 0.3) is 0 Å². The van der Waals surface area contributed by atoms with Gasteiger partial charge >= 0.3 is 5.95 Å². The molecule has 0 saturated heterocycles. The van der Waals surface area contributed by atoms with Crippen molar-refractivity contribution in [1.82, 2.24) is 9.47 Å². The summed E-state index contributed by atoms with van der Waals surface area (Å²) < 4.78 is 14.6. The van der Waals surface area contributed by atoms with Crippen molar-refractivity contribution in [1.29, 1.82) is 0 Å². The minimum atomic E-state index is -0.0423. The number of hydrogen-bond donors (Lipinski definition) is 1. The molecule has 7 nitrogen and oxygen atoms in total. The normalized spacial score (nSPS) is 11.2. The van der Waals surface area contributed by atoms with E-state index in [0.717, 1.165) is 37.2 Å². The number of ketones is 1. The number of rotatable bonds is 10. The summed E-state index contributed by atoms with van der Waals surface area (Å²) in [5, 5.41) is 0. The molecule has 0 fully saturated rings. The van der Waals surface area contributed by atoms with Crippen molar-refractivity contribution in [2.24, 2.45) is 0 Å². The Morgan fingerprint density at radius 2 is 1.77 bits per heavy atom. The first-order chi connectivity index (χ1) is 14.5. The van der Waals surface area contributed by atoms with Crippen LogP contribution in [0.25, 0.3) is 11.0 Å². The monoisotopic (exact) mass is 411 g/mol. The van der Waals surface area contributed by atoms with E-state index in [1.807, 2.05) is 28.8 Å². The Balaban J connectivity index is 1.92. The standard InChI is InChI=1S/C23H30N4O3/c1-5-25(6-2)13-14-26-18-9-7-8-10-19(18)27(23(26)24)16-20(28)17-11-12-21(29-3)22(15-17)30-4/h7-12,15,24H,5-6,13-14,16H2,1-4H3/p+1. The van der Waals surface area contributed by atoms with Crippen LogP contribution in [0.2, 0.25) is 0 Å². The summed E-state index contributed by atoms with van der Waals surface area (Å²) in [7, 11) is 3.13. The molecule has 2 N–H and O–H groups in total. The zero-order valence-electron chi connectivity index (χ0n) is 18.2. The number of aromatic nitrogens is 2. The van der Waals surface area contributed by atoms with Crippen LogP contribution < -0.4 is 19.8 Å². The molecule has 0 aliphatic heterocycles. The Morgan fingerprint density at radius 1 is 1.07 bits per heavy atom. The molecule has 30 heavy (non-hydrogen) atoms. The number of nitrogen functional groups attached to an aromatic ring is 1. The maximum Gasteiger partial charge on any atom is 0.356 e. The number of likely N-dealkylation sites (N-methyl/N-ethyl adjacent to an activating group) is 1. The number of Topliss-reactive ketones (excluding diaryl/α,β-unsaturated/α-hetero) is 1. The number of imidazole rings is 1. The van der Waals surface area contributed by atoms with Crippen LogP contribution in [0.5, 0.6) is 11.5 Å². The van der Waals surface area contributed by atoms with E-state index in [1.165, 1.54) is 0 Å². The summed E-state index contributed by atoms with van der Waals surface area (Å²) in [5.74, 6) is 1.66. The summed E-state index contributed by atoms with van der Waals surface area (Å²) in [4.78, 5) is 15.4. The van der Waals surface area contributed by atoms with E-state index in [2.05, 4.69) is 23.3 Å². The Labute approximate surface area is 177 Å². The molecule has 1 aromatic heterocycles. The fraction of sp³-hybridized carbons (Fsp3) is 0.391. The van der Waals surface area contributed by atoms with Crippen LogP contribution in [0.3, 0.4) is 0 Å². The molecule has 7 heteroatoms. The van der Waals surface area contributed by atoms with E-state index in [4.69, 9.17) is 15.2 Å². The molecule has 0 amide bonds.